The van der Waals surface area contributed by atoms with Gasteiger partial charge in [0, 0.05) is 5.56 Å². The summed E-state index contributed by atoms with van der Waals surface area (Å²) in [5, 5.41) is 5.26. The number of ether oxygens (including phenoxy) is 2. The monoisotopic (exact) mass is 479 g/mol. The molecule has 0 radical (unpaired) electrons. The van der Waals surface area contributed by atoms with Crippen molar-refractivity contribution in [1.82, 2.24) is 5.32 Å². The van der Waals surface area contributed by atoms with Gasteiger partial charge in [0.05, 0.1) is 24.6 Å². The van der Waals surface area contributed by atoms with Crippen molar-refractivity contribution in [3.05, 3.63) is 87.6 Å². The van der Waals surface area contributed by atoms with E-state index >= 15 is 0 Å². The Bertz CT molecular complexity index is 1030. The van der Waals surface area contributed by atoms with Gasteiger partial charge >= 0.3 is 0 Å². The number of thiophene rings is 1. The number of nitrogens with one attached hydrogen (secondary N) is 2. The van der Waals surface area contributed by atoms with Crippen molar-refractivity contribution in [1.29, 1.82) is 0 Å². The first kappa shape index (κ1) is 24.5. The van der Waals surface area contributed by atoms with Gasteiger partial charge in [0.2, 0.25) is 0 Å². The number of quaternary nitrogens is 1. The molecule has 1 aromatic heterocycles. The van der Waals surface area contributed by atoms with Crippen LogP contribution in [0.25, 0.3) is 0 Å². The van der Waals surface area contributed by atoms with E-state index in [1.165, 1.54) is 15.3 Å². The third-order valence-corrected chi connectivity index (χ3v) is 7.31. The lowest BCUT2D eigenvalue weighted by atomic mass is 9.87. The summed E-state index contributed by atoms with van der Waals surface area (Å²) in [6.07, 6.45) is 0. The van der Waals surface area contributed by atoms with E-state index in [9.17, 15) is 4.79 Å². The Morgan fingerprint density at radius 3 is 2.38 bits per heavy atom. The number of amides is 1. The molecule has 2 N–H and O–H groups in total. The van der Waals surface area contributed by atoms with Crippen LogP contribution in [0.15, 0.2) is 66.0 Å². The van der Waals surface area contributed by atoms with Crippen LogP contribution in [0.1, 0.15) is 53.2 Å². The molecule has 2 heterocycles. The van der Waals surface area contributed by atoms with Crippen molar-refractivity contribution in [3.8, 4) is 5.75 Å². The van der Waals surface area contributed by atoms with E-state index in [0.717, 1.165) is 37.6 Å². The summed E-state index contributed by atoms with van der Waals surface area (Å²) in [4.78, 5) is 15.6. The summed E-state index contributed by atoms with van der Waals surface area (Å²) in [5.74, 6) is 0.805. The minimum Gasteiger partial charge on any atom is -0.489 e. The smallest absolute Gasteiger partial charge is 0.251 e. The van der Waals surface area contributed by atoms with E-state index in [4.69, 9.17) is 9.47 Å². The zero-order valence-corrected chi connectivity index (χ0v) is 21.1. The second-order valence-electron chi connectivity index (χ2n) is 9.81. The number of morpholine rings is 1. The Kier molecular flexibility index (Phi) is 8.03. The topological polar surface area (TPSA) is 52.0 Å². The maximum Gasteiger partial charge on any atom is 0.251 e. The number of benzene rings is 2. The summed E-state index contributed by atoms with van der Waals surface area (Å²) in [5.41, 5.74) is 3.11. The minimum atomic E-state index is -0.0422. The number of hydrogen-bond donors (Lipinski definition) is 2. The molecule has 2 aromatic carbocycles. The van der Waals surface area contributed by atoms with Crippen LogP contribution < -0.4 is 15.0 Å². The summed E-state index contributed by atoms with van der Waals surface area (Å²) in [7, 11) is 0. The third-order valence-electron chi connectivity index (χ3n) is 6.32. The zero-order chi connectivity index (χ0) is 24.0. The molecule has 34 heavy (non-hydrogen) atoms. The van der Waals surface area contributed by atoms with E-state index in [0.29, 0.717) is 18.7 Å². The van der Waals surface area contributed by atoms with Gasteiger partial charge in [-0.05, 0) is 52.3 Å². The molecule has 5 nitrogen and oxygen atoms in total. The van der Waals surface area contributed by atoms with Crippen LogP contribution >= 0.6 is 11.3 Å². The summed E-state index contributed by atoms with van der Waals surface area (Å²) in [6.45, 7) is 11.2. The van der Waals surface area contributed by atoms with E-state index in [1.54, 1.807) is 11.3 Å². The molecule has 0 spiro atoms. The van der Waals surface area contributed by atoms with Gasteiger partial charge in [-0.25, -0.2) is 0 Å². The van der Waals surface area contributed by atoms with Crippen LogP contribution in [0.4, 0.5) is 0 Å². The SMILES string of the molecule is CC(C)(C)c1ccc(OCc2ccc(C(=O)NC[C@H](c3cccs3)[NH+]3CCOCC3)cc2)cc1. The van der Waals surface area contributed by atoms with Crippen molar-refractivity contribution in [2.75, 3.05) is 32.8 Å². The van der Waals surface area contributed by atoms with Crippen LogP contribution in [0, 0.1) is 0 Å². The Labute approximate surface area is 206 Å². The highest BCUT2D eigenvalue weighted by Gasteiger charge is 2.27. The number of carbonyl (C=O) groups excluding carboxylic acids is 1. The first-order chi connectivity index (χ1) is 16.4. The molecule has 1 amide bonds. The first-order valence-electron chi connectivity index (χ1n) is 12.0. The molecule has 0 unspecified atom stereocenters. The van der Waals surface area contributed by atoms with Crippen molar-refractivity contribution in [2.24, 2.45) is 0 Å². The molecule has 1 fully saturated rings. The van der Waals surface area contributed by atoms with Gasteiger partial charge in [-0.3, -0.25) is 4.79 Å². The Morgan fingerprint density at radius 1 is 1.06 bits per heavy atom. The van der Waals surface area contributed by atoms with Gasteiger partial charge in [-0.15, -0.1) is 11.3 Å². The van der Waals surface area contributed by atoms with Gasteiger partial charge in [0.25, 0.3) is 5.91 Å². The summed E-state index contributed by atoms with van der Waals surface area (Å²) in [6, 6.07) is 20.4. The van der Waals surface area contributed by atoms with Gasteiger partial charge in [-0.2, -0.15) is 0 Å². The van der Waals surface area contributed by atoms with E-state index < -0.39 is 0 Å². The average Bonchev–Trinajstić information content (AvgIpc) is 3.38. The molecular weight excluding hydrogens is 444 g/mol. The van der Waals surface area contributed by atoms with Crippen LogP contribution in [-0.4, -0.2) is 38.8 Å². The summed E-state index contributed by atoms with van der Waals surface area (Å²) >= 11 is 1.75. The number of carbonyl (C=O) groups is 1. The Hall–Kier alpha value is -2.67. The van der Waals surface area contributed by atoms with Crippen LogP contribution in [0.5, 0.6) is 5.75 Å². The maximum atomic E-state index is 12.8. The zero-order valence-electron chi connectivity index (χ0n) is 20.3. The molecule has 6 heteroatoms. The lowest BCUT2D eigenvalue weighted by Gasteiger charge is -2.31. The average molecular weight is 480 g/mol. The number of rotatable bonds is 8. The molecule has 1 aliphatic rings. The van der Waals surface area contributed by atoms with Gasteiger partial charge in [0.1, 0.15) is 31.5 Å². The second kappa shape index (κ2) is 11.2. The fraction of sp³-hybridized carbons (Fsp3) is 0.393. The van der Waals surface area contributed by atoms with E-state index in [-0.39, 0.29) is 17.4 Å². The van der Waals surface area contributed by atoms with Gasteiger partial charge < -0.3 is 19.7 Å². The van der Waals surface area contributed by atoms with Gasteiger partial charge in [0.15, 0.2) is 0 Å². The standard InChI is InChI=1S/C28H34N2O3S/c1-28(2,3)23-10-12-24(13-11-23)33-20-21-6-8-22(9-7-21)27(31)29-19-25(26-5-4-18-34-26)30-14-16-32-17-15-30/h4-13,18,25H,14-17,19-20H2,1-3H3,(H,29,31)/p+1/t25-/m1/s1. The first-order valence-corrected chi connectivity index (χ1v) is 12.8. The van der Waals surface area contributed by atoms with Crippen LogP contribution in [0.3, 0.4) is 0 Å². The summed E-state index contributed by atoms with van der Waals surface area (Å²) < 4.78 is 11.5. The van der Waals surface area contributed by atoms with E-state index in [1.807, 2.05) is 36.4 Å². The van der Waals surface area contributed by atoms with E-state index in [2.05, 4.69) is 55.7 Å². The van der Waals surface area contributed by atoms with Crippen molar-refractivity contribution in [2.45, 2.75) is 38.8 Å². The fourth-order valence-corrected chi connectivity index (χ4v) is 5.07. The third kappa shape index (κ3) is 6.47. The number of hydrogen-bond acceptors (Lipinski definition) is 4. The second-order valence-corrected chi connectivity index (χ2v) is 10.8. The quantitative estimate of drug-likeness (QED) is 0.513. The molecule has 1 aliphatic heterocycles. The molecular formula is C28H35N2O3S+. The molecule has 0 bridgehead atoms. The highest BCUT2D eigenvalue weighted by atomic mass is 32.1. The van der Waals surface area contributed by atoms with Crippen LogP contribution in [-0.2, 0) is 16.8 Å². The lowest BCUT2D eigenvalue weighted by Crippen LogP contribution is -3.15. The molecule has 3 aromatic rings. The Morgan fingerprint density at radius 2 is 1.76 bits per heavy atom. The highest BCUT2D eigenvalue weighted by molar-refractivity contribution is 7.10. The van der Waals surface area contributed by atoms with Crippen molar-refractivity contribution < 1.29 is 19.2 Å². The molecule has 4 rings (SSSR count). The molecule has 1 saturated heterocycles. The molecule has 0 aliphatic carbocycles. The Balaban J connectivity index is 1.31. The van der Waals surface area contributed by atoms with Gasteiger partial charge in [-0.1, -0.05) is 51.1 Å². The van der Waals surface area contributed by atoms with Crippen molar-refractivity contribution >= 4 is 17.2 Å². The molecule has 1 atom stereocenters. The normalized spacial score (nSPS) is 15.6. The minimum absolute atomic E-state index is 0.0422. The maximum absolute atomic E-state index is 12.8. The van der Waals surface area contributed by atoms with Crippen LogP contribution in [0.2, 0.25) is 0 Å². The predicted molar refractivity (Wildman–Crippen MR) is 137 cm³/mol. The van der Waals surface area contributed by atoms with Crippen molar-refractivity contribution in [3.63, 3.8) is 0 Å². The molecule has 180 valence electrons. The highest BCUT2D eigenvalue weighted by Crippen LogP contribution is 2.24. The lowest BCUT2D eigenvalue weighted by molar-refractivity contribution is -0.937. The largest absolute Gasteiger partial charge is 0.489 e. The fourth-order valence-electron chi connectivity index (χ4n) is 4.18. The molecule has 0 saturated carbocycles. The predicted octanol–water partition coefficient (Wildman–Crippen LogP) is 4.01.